The summed E-state index contributed by atoms with van der Waals surface area (Å²) in [5.41, 5.74) is 1.42. The molecule has 2 heterocycles. The number of thiophene rings is 1. The Balaban J connectivity index is 2.21. The number of nitrogens with one attached hydrogen (secondary N) is 1. The van der Waals surface area contributed by atoms with Gasteiger partial charge < -0.3 is 10.1 Å². The first kappa shape index (κ1) is 14.0. The van der Waals surface area contributed by atoms with Crippen LogP contribution in [0.25, 0.3) is 21.8 Å². The molecule has 4 nitrogen and oxygen atoms in total. The number of aryl methyl sites for hydroxylation is 1. The quantitative estimate of drug-likeness (QED) is 0.725. The fraction of sp³-hybridized carbons (Fsp3) is 0.0667. The molecule has 0 saturated carbocycles. The predicted molar refractivity (Wildman–Crippen MR) is 87.7 cm³/mol. The van der Waals surface area contributed by atoms with Gasteiger partial charge in [0.15, 0.2) is 5.82 Å². The van der Waals surface area contributed by atoms with Crippen LogP contribution in [0.15, 0.2) is 45.0 Å². The number of H-pyrrole nitrogens is 1. The third-order valence-corrected chi connectivity index (χ3v) is 4.84. The molecule has 2 N–H and O–H groups in total. The van der Waals surface area contributed by atoms with Crippen LogP contribution in [0.3, 0.4) is 0 Å². The Kier molecular flexibility index (Phi) is 3.65. The molecule has 0 fully saturated rings. The van der Waals surface area contributed by atoms with Gasteiger partial charge in [0.1, 0.15) is 5.56 Å². The number of aromatic amines is 1. The summed E-state index contributed by atoms with van der Waals surface area (Å²) >= 11 is 4.85. The van der Waals surface area contributed by atoms with Crippen molar-refractivity contribution in [3.63, 3.8) is 0 Å². The lowest BCUT2D eigenvalue weighted by molar-refractivity contribution is 0.454. The minimum atomic E-state index is -0.364. The molecular weight excluding hydrogens is 352 g/mol. The van der Waals surface area contributed by atoms with E-state index in [0.717, 1.165) is 14.9 Å². The number of nitrogens with zero attached hydrogens (tertiary/aromatic N) is 1. The van der Waals surface area contributed by atoms with Crippen LogP contribution in [0.5, 0.6) is 5.88 Å². The van der Waals surface area contributed by atoms with Crippen molar-refractivity contribution in [2.75, 3.05) is 0 Å². The molecule has 0 bridgehead atoms. The summed E-state index contributed by atoms with van der Waals surface area (Å²) in [5, 5.41) is 12.1. The summed E-state index contributed by atoms with van der Waals surface area (Å²) in [4.78, 5) is 20.1. The Labute approximate surface area is 133 Å². The molecule has 6 heteroatoms. The van der Waals surface area contributed by atoms with Crippen molar-refractivity contribution in [2.24, 2.45) is 0 Å². The molecule has 0 unspecified atom stereocenters. The Bertz CT molecular complexity index is 870. The van der Waals surface area contributed by atoms with E-state index in [2.05, 4.69) is 25.9 Å². The molecule has 3 rings (SSSR count). The largest absolute Gasteiger partial charge is 0.493 e. The lowest BCUT2D eigenvalue weighted by atomic mass is 10.1. The number of benzene rings is 1. The van der Waals surface area contributed by atoms with Crippen molar-refractivity contribution in [1.82, 2.24) is 9.97 Å². The number of aromatic hydroxyl groups is 1. The van der Waals surface area contributed by atoms with Gasteiger partial charge in [0.05, 0.1) is 4.88 Å². The summed E-state index contributed by atoms with van der Waals surface area (Å²) in [5.74, 6) is 0.120. The van der Waals surface area contributed by atoms with Gasteiger partial charge in [-0.1, -0.05) is 34.1 Å². The molecule has 0 radical (unpaired) electrons. The molecule has 21 heavy (non-hydrogen) atoms. The molecule has 0 saturated heterocycles. The van der Waals surface area contributed by atoms with Crippen molar-refractivity contribution < 1.29 is 5.11 Å². The highest BCUT2D eigenvalue weighted by molar-refractivity contribution is 9.10. The molecule has 0 aliphatic carbocycles. The molecule has 1 aromatic carbocycles. The van der Waals surface area contributed by atoms with Crippen LogP contribution in [0.2, 0.25) is 0 Å². The number of aromatic nitrogens is 2. The second-order valence-corrected chi connectivity index (χ2v) is 6.30. The van der Waals surface area contributed by atoms with Crippen LogP contribution in [0, 0.1) is 6.92 Å². The van der Waals surface area contributed by atoms with Gasteiger partial charge >= 0.3 is 0 Å². The first-order valence-corrected chi connectivity index (χ1v) is 7.88. The van der Waals surface area contributed by atoms with Crippen molar-refractivity contribution in [3.05, 3.63) is 56.1 Å². The van der Waals surface area contributed by atoms with E-state index in [1.165, 1.54) is 11.3 Å². The normalized spacial score (nSPS) is 10.8. The van der Waals surface area contributed by atoms with Crippen molar-refractivity contribution >= 4 is 27.3 Å². The maximum Gasteiger partial charge on any atom is 0.263 e. The van der Waals surface area contributed by atoms with Crippen LogP contribution in [0.1, 0.15) is 5.56 Å². The maximum atomic E-state index is 12.3. The zero-order valence-electron chi connectivity index (χ0n) is 11.1. The minimum absolute atomic E-state index is 0.167. The highest BCUT2D eigenvalue weighted by Gasteiger charge is 2.17. The van der Waals surface area contributed by atoms with E-state index in [1.54, 1.807) is 12.1 Å². The number of hydrogen-bond acceptors (Lipinski definition) is 4. The lowest BCUT2D eigenvalue weighted by Crippen LogP contribution is -2.12. The smallest absolute Gasteiger partial charge is 0.263 e. The molecule has 0 aliphatic heterocycles. The monoisotopic (exact) mass is 362 g/mol. The zero-order chi connectivity index (χ0) is 15.0. The SMILES string of the molecule is Cc1ccsc1-c1nc(O)c(-c2ccccc2Br)c(=O)[nH]1. The van der Waals surface area contributed by atoms with Gasteiger partial charge in [-0.25, -0.2) is 0 Å². The minimum Gasteiger partial charge on any atom is -0.493 e. The standard InChI is InChI=1S/C15H11BrN2O2S/c1-8-6-7-21-12(8)13-17-14(19)11(15(20)18-13)9-4-2-3-5-10(9)16/h2-7H,1H3,(H2,17,18,19,20). The van der Waals surface area contributed by atoms with E-state index in [1.807, 2.05) is 30.5 Å². The fourth-order valence-electron chi connectivity index (χ4n) is 2.09. The molecule has 3 aromatic rings. The van der Waals surface area contributed by atoms with Gasteiger partial charge in [0.25, 0.3) is 5.56 Å². The summed E-state index contributed by atoms with van der Waals surface area (Å²) in [7, 11) is 0. The summed E-state index contributed by atoms with van der Waals surface area (Å²) in [6, 6.07) is 9.16. The Morgan fingerprint density at radius 2 is 2.05 bits per heavy atom. The van der Waals surface area contributed by atoms with E-state index in [9.17, 15) is 9.90 Å². The molecule has 0 aliphatic rings. The molecule has 0 atom stereocenters. The number of hydrogen-bond donors (Lipinski definition) is 2. The van der Waals surface area contributed by atoms with Crippen molar-refractivity contribution in [3.8, 4) is 27.7 Å². The third-order valence-electron chi connectivity index (χ3n) is 3.12. The Morgan fingerprint density at radius 3 is 2.67 bits per heavy atom. The van der Waals surface area contributed by atoms with Crippen LogP contribution < -0.4 is 5.56 Å². The van der Waals surface area contributed by atoms with Crippen LogP contribution in [0.4, 0.5) is 0 Å². The van der Waals surface area contributed by atoms with Gasteiger partial charge in [-0.2, -0.15) is 4.98 Å². The van der Waals surface area contributed by atoms with Crippen LogP contribution in [-0.4, -0.2) is 15.1 Å². The fourth-order valence-corrected chi connectivity index (χ4v) is 3.44. The Hall–Kier alpha value is -1.92. The Morgan fingerprint density at radius 1 is 1.29 bits per heavy atom. The van der Waals surface area contributed by atoms with E-state index < -0.39 is 0 Å². The molecular formula is C15H11BrN2O2S. The van der Waals surface area contributed by atoms with E-state index in [0.29, 0.717) is 11.4 Å². The van der Waals surface area contributed by atoms with Gasteiger partial charge in [-0.05, 0) is 30.0 Å². The maximum absolute atomic E-state index is 12.3. The molecule has 2 aromatic heterocycles. The van der Waals surface area contributed by atoms with Crippen molar-refractivity contribution in [2.45, 2.75) is 6.92 Å². The lowest BCUT2D eigenvalue weighted by Gasteiger charge is -2.07. The zero-order valence-corrected chi connectivity index (χ0v) is 13.5. The third kappa shape index (κ3) is 2.52. The number of rotatable bonds is 2. The summed E-state index contributed by atoms with van der Waals surface area (Å²) in [6.45, 7) is 1.94. The highest BCUT2D eigenvalue weighted by Crippen LogP contribution is 2.32. The van der Waals surface area contributed by atoms with Gasteiger partial charge in [-0.15, -0.1) is 11.3 Å². The first-order valence-electron chi connectivity index (χ1n) is 6.20. The molecule has 106 valence electrons. The number of halogens is 1. The van der Waals surface area contributed by atoms with Gasteiger partial charge in [0, 0.05) is 10.0 Å². The molecule has 0 amide bonds. The van der Waals surface area contributed by atoms with E-state index in [4.69, 9.17) is 0 Å². The van der Waals surface area contributed by atoms with Gasteiger partial charge in [0.2, 0.25) is 5.88 Å². The average Bonchev–Trinajstić information content (AvgIpc) is 2.86. The van der Waals surface area contributed by atoms with E-state index in [-0.39, 0.29) is 17.0 Å². The van der Waals surface area contributed by atoms with E-state index >= 15 is 0 Å². The summed E-state index contributed by atoms with van der Waals surface area (Å²) in [6.07, 6.45) is 0. The highest BCUT2D eigenvalue weighted by atomic mass is 79.9. The molecule has 0 spiro atoms. The van der Waals surface area contributed by atoms with Crippen LogP contribution >= 0.6 is 27.3 Å². The second-order valence-electron chi connectivity index (χ2n) is 4.53. The topological polar surface area (TPSA) is 66.0 Å². The average molecular weight is 363 g/mol. The van der Waals surface area contributed by atoms with Gasteiger partial charge in [-0.3, -0.25) is 4.79 Å². The second kappa shape index (κ2) is 5.46. The first-order chi connectivity index (χ1) is 10.1. The summed E-state index contributed by atoms with van der Waals surface area (Å²) < 4.78 is 0.729. The van der Waals surface area contributed by atoms with Crippen LogP contribution in [-0.2, 0) is 0 Å². The van der Waals surface area contributed by atoms with Crippen molar-refractivity contribution in [1.29, 1.82) is 0 Å². The predicted octanol–water partition coefficient (Wildman–Crippen LogP) is 3.94.